The van der Waals surface area contributed by atoms with Gasteiger partial charge in [-0.05, 0) is 42.7 Å². The molecule has 7 nitrogen and oxygen atoms in total. The van der Waals surface area contributed by atoms with Crippen molar-refractivity contribution in [3.8, 4) is 11.8 Å². The van der Waals surface area contributed by atoms with E-state index in [4.69, 9.17) is 10.00 Å². The third-order valence-corrected chi connectivity index (χ3v) is 4.55. The molecule has 0 aliphatic carbocycles. The van der Waals surface area contributed by atoms with E-state index in [-0.39, 0.29) is 30.8 Å². The number of methoxy groups -OCH3 is 1. The lowest BCUT2D eigenvalue weighted by Gasteiger charge is -2.19. The minimum Gasteiger partial charge on any atom is -0.497 e. The molecule has 2 amide bonds. The second-order valence-electron chi connectivity index (χ2n) is 6.18. The fourth-order valence-electron chi connectivity index (χ4n) is 3.17. The maximum absolute atomic E-state index is 12.3. The van der Waals surface area contributed by atoms with Gasteiger partial charge in [0.25, 0.3) is 0 Å². The molecule has 1 fully saturated rings. The van der Waals surface area contributed by atoms with Crippen LogP contribution in [0.4, 0.5) is 0 Å². The number of amides is 2. The lowest BCUT2D eigenvalue weighted by molar-refractivity contribution is -0.132. The number of aromatic nitrogens is 1. The van der Waals surface area contributed by atoms with Crippen LogP contribution in [-0.2, 0) is 16.0 Å². The normalized spacial score (nSPS) is 16.3. The molecule has 1 aromatic heterocycles. The lowest BCUT2D eigenvalue weighted by atomic mass is 10.1. The molecule has 0 unspecified atom stereocenters. The van der Waals surface area contributed by atoms with Crippen molar-refractivity contribution in [1.82, 2.24) is 15.2 Å². The number of hydrogen-bond donors (Lipinski definition) is 1. The highest BCUT2D eigenvalue weighted by Gasteiger charge is 2.28. The number of nitrogens with zero attached hydrogens (tertiary/aromatic N) is 3. The number of nitriles is 1. The molecule has 0 bridgehead atoms. The van der Waals surface area contributed by atoms with Crippen LogP contribution < -0.4 is 10.1 Å². The van der Waals surface area contributed by atoms with Crippen molar-refractivity contribution in [2.45, 2.75) is 25.3 Å². The summed E-state index contributed by atoms with van der Waals surface area (Å²) in [7, 11) is 1.59. The Bertz CT molecular complexity index is 875. The second-order valence-corrected chi connectivity index (χ2v) is 6.18. The van der Waals surface area contributed by atoms with Crippen LogP contribution in [-0.4, -0.2) is 47.9 Å². The fourth-order valence-corrected chi connectivity index (χ4v) is 3.17. The van der Waals surface area contributed by atoms with Gasteiger partial charge in [0.05, 0.1) is 31.7 Å². The first-order chi connectivity index (χ1) is 12.6. The van der Waals surface area contributed by atoms with Crippen LogP contribution in [0.3, 0.4) is 0 Å². The predicted molar refractivity (Wildman–Crippen MR) is 95.4 cm³/mol. The van der Waals surface area contributed by atoms with E-state index < -0.39 is 0 Å². The summed E-state index contributed by atoms with van der Waals surface area (Å²) in [6, 6.07) is 9.04. The van der Waals surface area contributed by atoms with E-state index in [1.807, 2.05) is 18.2 Å². The van der Waals surface area contributed by atoms with Crippen molar-refractivity contribution in [3.05, 3.63) is 36.0 Å². The first-order valence-electron chi connectivity index (χ1n) is 8.50. The van der Waals surface area contributed by atoms with Gasteiger partial charge in [0.2, 0.25) is 11.8 Å². The molecule has 1 aromatic carbocycles. The van der Waals surface area contributed by atoms with Crippen molar-refractivity contribution < 1.29 is 14.3 Å². The Kier molecular flexibility index (Phi) is 5.32. The zero-order valence-corrected chi connectivity index (χ0v) is 14.6. The fraction of sp³-hybridized carbons (Fsp3) is 0.368. The minimum absolute atomic E-state index is 0.0939. The van der Waals surface area contributed by atoms with E-state index in [0.29, 0.717) is 18.7 Å². The molecule has 1 saturated heterocycles. The van der Waals surface area contributed by atoms with E-state index in [9.17, 15) is 9.59 Å². The number of nitrogens with one attached hydrogen (secondary N) is 1. The van der Waals surface area contributed by atoms with E-state index in [1.165, 1.54) is 4.90 Å². The molecule has 1 N–H and O–H groups in total. The Morgan fingerprint density at radius 3 is 3.04 bits per heavy atom. The molecule has 7 heteroatoms. The van der Waals surface area contributed by atoms with Crippen molar-refractivity contribution in [3.63, 3.8) is 0 Å². The highest BCUT2D eigenvalue weighted by atomic mass is 16.5. The number of ether oxygens (including phenoxy) is 1. The zero-order chi connectivity index (χ0) is 18.5. The molecule has 26 heavy (non-hydrogen) atoms. The summed E-state index contributed by atoms with van der Waals surface area (Å²) >= 11 is 0. The van der Waals surface area contributed by atoms with Gasteiger partial charge in [-0.1, -0.05) is 0 Å². The molecular formula is C19H20N4O3. The minimum atomic E-state index is -0.379. The van der Waals surface area contributed by atoms with Crippen molar-refractivity contribution in [1.29, 1.82) is 5.26 Å². The number of carbonyl (C=O) groups excluding carboxylic acids is 2. The largest absolute Gasteiger partial charge is 0.497 e. The Labute approximate surface area is 151 Å². The standard InChI is InChI=1S/C19H20N4O3/c1-26-15-4-5-17-16(10-15)13(6-7-21-17)9-18(24)22-12-19(25)23-8-2-3-14(23)11-20/h4-7,10,14H,2-3,8-9,12H2,1H3,(H,22,24)/t14-/m0/s1. The van der Waals surface area contributed by atoms with Crippen LogP contribution in [0.25, 0.3) is 10.9 Å². The molecule has 1 aliphatic rings. The van der Waals surface area contributed by atoms with Crippen LogP contribution in [0.15, 0.2) is 30.5 Å². The van der Waals surface area contributed by atoms with Gasteiger partial charge in [0.15, 0.2) is 0 Å². The summed E-state index contributed by atoms with van der Waals surface area (Å²) in [6.07, 6.45) is 3.31. The van der Waals surface area contributed by atoms with Gasteiger partial charge in [-0.25, -0.2) is 0 Å². The smallest absolute Gasteiger partial charge is 0.243 e. The van der Waals surface area contributed by atoms with E-state index >= 15 is 0 Å². The lowest BCUT2D eigenvalue weighted by Crippen LogP contribution is -2.42. The summed E-state index contributed by atoms with van der Waals surface area (Å²) < 4.78 is 5.23. The van der Waals surface area contributed by atoms with Gasteiger partial charge in [0.1, 0.15) is 11.8 Å². The van der Waals surface area contributed by atoms with Crippen LogP contribution in [0.2, 0.25) is 0 Å². The quantitative estimate of drug-likeness (QED) is 0.878. The topological polar surface area (TPSA) is 95.3 Å². The average Bonchev–Trinajstić information content (AvgIpc) is 3.15. The molecular weight excluding hydrogens is 332 g/mol. The molecule has 134 valence electrons. The maximum atomic E-state index is 12.3. The van der Waals surface area contributed by atoms with E-state index in [2.05, 4.69) is 16.4 Å². The highest BCUT2D eigenvalue weighted by Crippen LogP contribution is 2.22. The van der Waals surface area contributed by atoms with Crippen molar-refractivity contribution in [2.24, 2.45) is 0 Å². The summed E-state index contributed by atoms with van der Waals surface area (Å²) in [5, 5.41) is 12.6. The molecule has 3 rings (SSSR count). The van der Waals surface area contributed by atoms with Crippen LogP contribution in [0.1, 0.15) is 18.4 Å². The van der Waals surface area contributed by atoms with Crippen molar-refractivity contribution in [2.75, 3.05) is 20.2 Å². The molecule has 1 atom stereocenters. The Morgan fingerprint density at radius 1 is 1.42 bits per heavy atom. The predicted octanol–water partition coefficient (Wildman–Crippen LogP) is 1.42. The van der Waals surface area contributed by atoms with Gasteiger partial charge in [0, 0.05) is 18.1 Å². The Morgan fingerprint density at radius 2 is 2.27 bits per heavy atom. The highest BCUT2D eigenvalue weighted by molar-refractivity contribution is 5.90. The van der Waals surface area contributed by atoms with Gasteiger partial charge in [-0.3, -0.25) is 14.6 Å². The first-order valence-corrected chi connectivity index (χ1v) is 8.50. The number of benzene rings is 1. The molecule has 0 radical (unpaired) electrons. The number of likely N-dealkylation sites (tertiary alicyclic amines) is 1. The van der Waals surface area contributed by atoms with Crippen LogP contribution in [0, 0.1) is 11.3 Å². The van der Waals surface area contributed by atoms with Gasteiger partial charge in [-0.2, -0.15) is 5.26 Å². The molecule has 0 spiro atoms. The summed E-state index contributed by atoms with van der Waals surface area (Å²) in [5.41, 5.74) is 1.59. The number of rotatable bonds is 5. The first kappa shape index (κ1) is 17.7. The third-order valence-electron chi connectivity index (χ3n) is 4.55. The third kappa shape index (κ3) is 3.75. The summed E-state index contributed by atoms with van der Waals surface area (Å²) in [5.74, 6) is 0.226. The van der Waals surface area contributed by atoms with Gasteiger partial charge in [-0.15, -0.1) is 0 Å². The van der Waals surface area contributed by atoms with Crippen LogP contribution >= 0.6 is 0 Å². The number of pyridine rings is 1. The SMILES string of the molecule is COc1ccc2nccc(CC(=O)NCC(=O)N3CCC[C@H]3C#N)c2c1. The molecule has 2 aromatic rings. The average molecular weight is 352 g/mol. The van der Waals surface area contributed by atoms with E-state index in [1.54, 1.807) is 19.4 Å². The van der Waals surface area contributed by atoms with E-state index in [0.717, 1.165) is 22.9 Å². The summed E-state index contributed by atoms with van der Waals surface area (Å²) in [4.78, 5) is 30.3. The number of fused-ring (bicyclic) bond motifs is 1. The molecule has 1 aliphatic heterocycles. The van der Waals surface area contributed by atoms with Gasteiger partial charge < -0.3 is 15.0 Å². The molecule has 0 saturated carbocycles. The summed E-state index contributed by atoms with van der Waals surface area (Å²) in [6.45, 7) is 0.477. The zero-order valence-electron chi connectivity index (χ0n) is 14.6. The van der Waals surface area contributed by atoms with Crippen LogP contribution in [0.5, 0.6) is 5.75 Å². The van der Waals surface area contributed by atoms with Gasteiger partial charge >= 0.3 is 0 Å². The van der Waals surface area contributed by atoms with Crippen molar-refractivity contribution >= 4 is 22.7 Å². The number of carbonyl (C=O) groups is 2. The Hall–Kier alpha value is -3.14. The maximum Gasteiger partial charge on any atom is 0.243 e. The molecule has 2 heterocycles. The second kappa shape index (κ2) is 7.83. The number of hydrogen-bond acceptors (Lipinski definition) is 5. The Balaban J connectivity index is 1.64. The monoisotopic (exact) mass is 352 g/mol.